The van der Waals surface area contributed by atoms with Crippen molar-refractivity contribution in [1.82, 2.24) is 0 Å². The Morgan fingerprint density at radius 2 is 1.12 bits per heavy atom. The van der Waals surface area contributed by atoms with Crippen LogP contribution in [-0.4, -0.2) is 31.0 Å². The highest BCUT2D eigenvalue weighted by atomic mass is 16.6. The fourth-order valence-electron chi connectivity index (χ4n) is 3.78. The lowest BCUT2D eigenvalue weighted by atomic mass is 10.1. The number of benzene rings is 3. The Bertz CT molecular complexity index is 969. The van der Waals surface area contributed by atoms with Crippen LogP contribution < -0.4 is 0 Å². The van der Waals surface area contributed by atoms with Gasteiger partial charge in [-0.2, -0.15) is 0 Å². The average Bonchev–Trinajstić information content (AvgIpc) is 3.19. The second kappa shape index (κ2) is 11.6. The van der Waals surface area contributed by atoms with Crippen LogP contribution in [0.15, 0.2) is 91.0 Å². The molecule has 0 saturated carbocycles. The van der Waals surface area contributed by atoms with E-state index < -0.39 is 6.10 Å². The number of hydrogen-bond donors (Lipinski definition) is 0. The molecule has 164 valence electrons. The summed E-state index contributed by atoms with van der Waals surface area (Å²) in [6.07, 6.45) is 4.26. The van der Waals surface area contributed by atoms with Crippen molar-refractivity contribution in [2.45, 2.75) is 44.2 Å². The third-order valence-corrected chi connectivity index (χ3v) is 5.44. The molecule has 0 amide bonds. The third-order valence-electron chi connectivity index (χ3n) is 5.44. The summed E-state index contributed by atoms with van der Waals surface area (Å²) in [5.41, 5.74) is 3.27. The van der Waals surface area contributed by atoms with Crippen molar-refractivity contribution in [3.63, 3.8) is 0 Å². The maximum atomic E-state index is 6.31. The highest BCUT2D eigenvalue weighted by molar-refractivity contribution is 5.16. The Balaban J connectivity index is 1.43. The van der Waals surface area contributed by atoms with Crippen molar-refractivity contribution in [3.8, 4) is 12.3 Å². The minimum Gasteiger partial charge on any atom is -0.374 e. The van der Waals surface area contributed by atoms with E-state index in [4.69, 9.17) is 25.4 Å². The maximum absolute atomic E-state index is 6.31. The van der Waals surface area contributed by atoms with Crippen LogP contribution in [-0.2, 0) is 38.8 Å². The summed E-state index contributed by atoms with van der Waals surface area (Å²) in [5.74, 6) is 2.73. The van der Waals surface area contributed by atoms with Crippen LogP contribution in [0.5, 0.6) is 0 Å². The highest BCUT2D eigenvalue weighted by Gasteiger charge is 2.45. The fourth-order valence-corrected chi connectivity index (χ4v) is 3.78. The van der Waals surface area contributed by atoms with Gasteiger partial charge in [0.15, 0.2) is 0 Å². The Kier molecular flexibility index (Phi) is 8.08. The minimum atomic E-state index is -0.496. The Morgan fingerprint density at radius 3 is 1.62 bits per heavy atom. The second-order valence-electron chi connectivity index (χ2n) is 7.78. The van der Waals surface area contributed by atoms with Crippen molar-refractivity contribution in [1.29, 1.82) is 0 Å². The molecule has 0 spiro atoms. The van der Waals surface area contributed by atoms with E-state index in [9.17, 15) is 0 Å². The van der Waals surface area contributed by atoms with Crippen LogP contribution in [0.2, 0.25) is 0 Å². The smallest absolute Gasteiger partial charge is 0.147 e. The Morgan fingerprint density at radius 1 is 0.656 bits per heavy atom. The van der Waals surface area contributed by atoms with Gasteiger partial charge in [-0.05, 0) is 16.7 Å². The second-order valence-corrected chi connectivity index (χ2v) is 7.78. The zero-order chi connectivity index (χ0) is 22.0. The van der Waals surface area contributed by atoms with Crippen molar-refractivity contribution in [2.24, 2.45) is 0 Å². The molecule has 1 saturated heterocycles. The normalized spacial score (nSPS) is 22.5. The maximum Gasteiger partial charge on any atom is 0.147 e. The van der Waals surface area contributed by atoms with Crippen LogP contribution in [0.3, 0.4) is 0 Å². The summed E-state index contributed by atoms with van der Waals surface area (Å²) in [6, 6.07) is 30.1. The number of ether oxygens (including phenoxy) is 4. The van der Waals surface area contributed by atoms with Gasteiger partial charge in [0.25, 0.3) is 0 Å². The quantitative estimate of drug-likeness (QED) is 0.436. The molecule has 1 aliphatic rings. The summed E-state index contributed by atoms with van der Waals surface area (Å²) < 4.78 is 24.7. The van der Waals surface area contributed by atoms with Gasteiger partial charge in [-0.3, -0.25) is 0 Å². The lowest BCUT2D eigenvalue weighted by molar-refractivity contribution is -0.0896. The van der Waals surface area contributed by atoms with Crippen LogP contribution >= 0.6 is 0 Å². The van der Waals surface area contributed by atoms with Crippen LogP contribution in [0, 0.1) is 12.3 Å². The van der Waals surface area contributed by atoms with Crippen LogP contribution in [0.25, 0.3) is 0 Å². The van der Waals surface area contributed by atoms with Gasteiger partial charge in [-0.15, -0.1) is 6.42 Å². The molecule has 3 aromatic rings. The van der Waals surface area contributed by atoms with Crippen molar-refractivity contribution >= 4 is 0 Å². The zero-order valence-corrected chi connectivity index (χ0v) is 18.0. The fraction of sp³-hybridized carbons (Fsp3) is 0.286. The molecule has 1 fully saturated rings. The summed E-state index contributed by atoms with van der Waals surface area (Å²) >= 11 is 0. The standard InChI is InChI=1S/C28H28O4/c1-2-25-27(30-19-23-14-8-4-9-15-23)28(31-20-24-16-10-5-11-17-24)26(32-25)21-29-18-22-12-6-3-7-13-22/h1,3-17,25-28H,18-21H2/t25-,26+,27-,28-/m0/s1. The average molecular weight is 429 g/mol. The van der Waals surface area contributed by atoms with Crippen LogP contribution in [0.1, 0.15) is 16.7 Å². The summed E-state index contributed by atoms with van der Waals surface area (Å²) in [5, 5.41) is 0. The van der Waals surface area contributed by atoms with Crippen molar-refractivity contribution in [3.05, 3.63) is 108 Å². The predicted octanol–water partition coefficient (Wildman–Crippen LogP) is 4.77. The molecule has 0 N–H and O–H groups in total. The van der Waals surface area contributed by atoms with Crippen molar-refractivity contribution < 1.29 is 18.9 Å². The molecule has 0 radical (unpaired) electrons. The van der Waals surface area contributed by atoms with E-state index in [0.717, 1.165) is 16.7 Å². The Labute approximate surface area is 190 Å². The Hall–Kier alpha value is -2.94. The van der Waals surface area contributed by atoms with E-state index in [1.54, 1.807) is 0 Å². The van der Waals surface area contributed by atoms with Crippen LogP contribution in [0.4, 0.5) is 0 Å². The monoisotopic (exact) mass is 428 g/mol. The predicted molar refractivity (Wildman–Crippen MR) is 124 cm³/mol. The molecule has 1 heterocycles. The van der Waals surface area contributed by atoms with Gasteiger partial charge in [0, 0.05) is 0 Å². The first-order valence-corrected chi connectivity index (χ1v) is 10.9. The van der Waals surface area contributed by atoms with E-state index in [0.29, 0.717) is 26.4 Å². The number of terminal acetylenes is 1. The van der Waals surface area contributed by atoms with Gasteiger partial charge >= 0.3 is 0 Å². The largest absolute Gasteiger partial charge is 0.374 e. The molecule has 4 nitrogen and oxygen atoms in total. The van der Waals surface area contributed by atoms with Gasteiger partial charge in [0.05, 0.1) is 26.4 Å². The molecule has 0 aromatic heterocycles. The topological polar surface area (TPSA) is 36.9 Å². The number of rotatable bonds is 10. The minimum absolute atomic E-state index is 0.316. The van der Waals surface area contributed by atoms with E-state index in [-0.39, 0.29) is 18.3 Å². The van der Waals surface area contributed by atoms with Gasteiger partial charge in [-0.1, -0.05) is 96.9 Å². The molecule has 3 aromatic carbocycles. The molecule has 4 heteroatoms. The molecule has 4 rings (SSSR count). The first-order valence-electron chi connectivity index (χ1n) is 10.9. The van der Waals surface area contributed by atoms with E-state index in [2.05, 4.69) is 5.92 Å². The third kappa shape index (κ3) is 6.06. The first-order chi connectivity index (χ1) is 15.8. The summed E-state index contributed by atoms with van der Waals surface area (Å²) in [7, 11) is 0. The molecule has 1 aliphatic heterocycles. The van der Waals surface area contributed by atoms with Gasteiger partial charge in [0.2, 0.25) is 0 Å². The molecule has 0 bridgehead atoms. The zero-order valence-electron chi connectivity index (χ0n) is 18.0. The van der Waals surface area contributed by atoms with E-state index in [1.807, 2.05) is 91.0 Å². The van der Waals surface area contributed by atoms with Crippen molar-refractivity contribution in [2.75, 3.05) is 6.61 Å². The van der Waals surface area contributed by atoms with E-state index in [1.165, 1.54) is 0 Å². The lowest BCUT2D eigenvalue weighted by Gasteiger charge is -2.24. The highest BCUT2D eigenvalue weighted by Crippen LogP contribution is 2.29. The number of hydrogen-bond acceptors (Lipinski definition) is 4. The lowest BCUT2D eigenvalue weighted by Crippen LogP contribution is -2.38. The molecule has 0 aliphatic carbocycles. The summed E-state index contributed by atoms with van der Waals surface area (Å²) in [6.45, 7) is 1.77. The van der Waals surface area contributed by atoms with Gasteiger partial charge in [-0.25, -0.2) is 0 Å². The van der Waals surface area contributed by atoms with Gasteiger partial charge in [0.1, 0.15) is 24.4 Å². The molecular weight excluding hydrogens is 400 g/mol. The molecule has 32 heavy (non-hydrogen) atoms. The molecular formula is C28H28O4. The SMILES string of the molecule is C#C[C@@H]1O[C@H](COCc2ccccc2)[C@H](OCc2ccccc2)[C@H]1OCc1ccccc1. The molecule has 4 atom stereocenters. The molecule has 0 unspecified atom stereocenters. The van der Waals surface area contributed by atoms with Gasteiger partial charge < -0.3 is 18.9 Å². The summed E-state index contributed by atoms with van der Waals surface area (Å²) in [4.78, 5) is 0. The first kappa shape index (κ1) is 22.3. The van der Waals surface area contributed by atoms with E-state index >= 15 is 0 Å².